The maximum Gasteiger partial charge on any atom is 0.261 e. The van der Waals surface area contributed by atoms with E-state index in [1.165, 1.54) is 10.9 Å². The fourth-order valence-electron chi connectivity index (χ4n) is 4.26. The molecule has 2 atom stereocenters. The summed E-state index contributed by atoms with van der Waals surface area (Å²) in [6.45, 7) is 0.796. The molecule has 2 aromatic carbocycles. The number of hydrogen-bond donors (Lipinski definition) is 1. The summed E-state index contributed by atoms with van der Waals surface area (Å²) in [6.07, 6.45) is 3.82. The Morgan fingerprint density at radius 1 is 1.16 bits per heavy atom. The highest BCUT2D eigenvalue weighted by Gasteiger charge is 2.27. The number of aliphatic hydroxyl groups is 1. The largest absolute Gasteiger partial charge is 0.481 e. The van der Waals surface area contributed by atoms with Crippen LogP contribution < -0.4 is 10.3 Å². The second-order valence-corrected chi connectivity index (χ2v) is 7.82. The fourth-order valence-corrected chi connectivity index (χ4v) is 4.26. The molecule has 1 fully saturated rings. The molecule has 1 aliphatic rings. The van der Waals surface area contributed by atoms with Gasteiger partial charge in [0.1, 0.15) is 0 Å². The molecule has 0 radical (unpaired) electrons. The molecule has 5 rings (SSSR count). The molecule has 3 heterocycles. The molecule has 2 unspecified atom stereocenters. The Kier molecular flexibility index (Phi) is 5.13. The van der Waals surface area contributed by atoms with Gasteiger partial charge in [0.05, 0.1) is 43.1 Å². The van der Waals surface area contributed by atoms with E-state index in [0.29, 0.717) is 42.8 Å². The van der Waals surface area contributed by atoms with Gasteiger partial charge < -0.3 is 14.6 Å². The summed E-state index contributed by atoms with van der Waals surface area (Å²) in [6, 6.07) is 13.3. The van der Waals surface area contributed by atoms with Gasteiger partial charge in [0.15, 0.2) is 0 Å². The minimum atomic E-state index is -0.629. The van der Waals surface area contributed by atoms with Crippen LogP contribution >= 0.6 is 0 Å². The SMILES string of the molecule is COc1ccc(Cc2cc3c(=O)n(C4COCCC4O)cnc3c3ccccc23)cn1. The second kappa shape index (κ2) is 8.09. The van der Waals surface area contributed by atoms with Crippen LogP contribution in [0.5, 0.6) is 5.88 Å². The molecule has 1 aliphatic heterocycles. The lowest BCUT2D eigenvalue weighted by atomic mass is 9.96. The van der Waals surface area contributed by atoms with E-state index >= 15 is 0 Å². The van der Waals surface area contributed by atoms with Gasteiger partial charge in [-0.2, -0.15) is 0 Å². The predicted molar refractivity (Wildman–Crippen MR) is 118 cm³/mol. The summed E-state index contributed by atoms with van der Waals surface area (Å²) in [7, 11) is 1.59. The first-order valence-electron chi connectivity index (χ1n) is 10.3. The van der Waals surface area contributed by atoms with Crippen molar-refractivity contribution in [3.63, 3.8) is 0 Å². The molecule has 0 amide bonds. The average Bonchev–Trinajstić information content (AvgIpc) is 2.81. The van der Waals surface area contributed by atoms with Gasteiger partial charge in [-0.25, -0.2) is 9.97 Å². The Morgan fingerprint density at radius 2 is 2.00 bits per heavy atom. The van der Waals surface area contributed by atoms with E-state index in [0.717, 1.165) is 21.9 Å². The molecule has 0 bridgehead atoms. The third-order valence-corrected chi connectivity index (χ3v) is 5.93. The maximum atomic E-state index is 13.4. The number of benzene rings is 2. The highest BCUT2D eigenvalue weighted by Crippen LogP contribution is 2.28. The number of rotatable bonds is 4. The van der Waals surface area contributed by atoms with E-state index in [4.69, 9.17) is 9.47 Å². The fraction of sp³-hybridized carbons (Fsp3) is 0.292. The summed E-state index contributed by atoms with van der Waals surface area (Å²) >= 11 is 0. The molecule has 1 saturated heterocycles. The topological polar surface area (TPSA) is 86.5 Å². The standard InChI is InChI=1S/C24H23N3O4/c1-30-22-7-6-15(12-25-22)10-16-11-19-23(18-5-3-2-4-17(16)18)26-14-27(24(19)29)20-13-31-9-8-21(20)28/h2-7,11-12,14,20-21,28H,8-10,13H2,1H3. The normalized spacial score (nSPS) is 19.0. The van der Waals surface area contributed by atoms with E-state index in [-0.39, 0.29) is 5.56 Å². The summed E-state index contributed by atoms with van der Waals surface area (Å²) in [5, 5.41) is 12.9. The van der Waals surface area contributed by atoms with Gasteiger partial charge in [-0.3, -0.25) is 9.36 Å². The number of fused-ring (bicyclic) bond motifs is 3. The Balaban J connectivity index is 1.67. The first kappa shape index (κ1) is 19.7. The number of nitrogens with zero attached hydrogens (tertiary/aromatic N) is 3. The van der Waals surface area contributed by atoms with Gasteiger partial charge in [-0.1, -0.05) is 30.3 Å². The van der Waals surface area contributed by atoms with E-state index < -0.39 is 12.1 Å². The van der Waals surface area contributed by atoms with Crippen molar-refractivity contribution in [2.45, 2.75) is 25.0 Å². The molecule has 7 nitrogen and oxygen atoms in total. The lowest BCUT2D eigenvalue weighted by Crippen LogP contribution is -2.39. The lowest BCUT2D eigenvalue weighted by molar-refractivity contribution is -0.0303. The zero-order chi connectivity index (χ0) is 21.4. The van der Waals surface area contributed by atoms with Crippen LogP contribution in [0.2, 0.25) is 0 Å². The van der Waals surface area contributed by atoms with Crippen molar-refractivity contribution in [1.82, 2.24) is 14.5 Å². The second-order valence-electron chi connectivity index (χ2n) is 7.82. The van der Waals surface area contributed by atoms with E-state index in [2.05, 4.69) is 9.97 Å². The molecule has 2 aromatic heterocycles. The van der Waals surface area contributed by atoms with Crippen LogP contribution in [0.15, 0.2) is 59.8 Å². The number of aromatic nitrogens is 3. The predicted octanol–water partition coefficient (Wildman–Crippen LogP) is 2.87. The summed E-state index contributed by atoms with van der Waals surface area (Å²) in [5.74, 6) is 0.562. The Morgan fingerprint density at radius 3 is 2.74 bits per heavy atom. The quantitative estimate of drug-likeness (QED) is 0.514. The van der Waals surface area contributed by atoms with Crippen LogP contribution in [-0.2, 0) is 11.2 Å². The first-order valence-corrected chi connectivity index (χ1v) is 10.3. The van der Waals surface area contributed by atoms with Crippen LogP contribution in [0.3, 0.4) is 0 Å². The van der Waals surface area contributed by atoms with Gasteiger partial charge in [-0.05, 0) is 35.4 Å². The van der Waals surface area contributed by atoms with Gasteiger partial charge in [0.2, 0.25) is 5.88 Å². The van der Waals surface area contributed by atoms with Crippen molar-refractivity contribution < 1.29 is 14.6 Å². The van der Waals surface area contributed by atoms with Gasteiger partial charge in [0, 0.05) is 24.3 Å². The van der Waals surface area contributed by atoms with E-state index in [1.54, 1.807) is 13.3 Å². The Bertz CT molecular complexity index is 1300. The van der Waals surface area contributed by atoms with Crippen molar-refractivity contribution in [2.75, 3.05) is 20.3 Å². The molecule has 0 saturated carbocycles. The molecule has 7 heteroatoms. The van der Waals surface area contributed by atoms with Crippen LogP contribution in [-0.4, -0.2) is 46.1 Å². The summed E-state index contributed by atoms with van der Waals surface area (Å²) in [5.41, 5.74) is 2.54. The van der Waals surface area contributed by atoms with E-state index in [9.17, 15) is 9.90 Å². The number of hydrogen-bond acceptors (Lipinski definition) is 6. The van der Waals surface area contributed by atoms with Crippen LogP contribution in [0.1, 0.15) is 23.6 Å². The van der Waals surface area contributed by atoms with Crippen LogP contribution in [0.4, 0.5) is 0 Å². The van der Waals surface area contributed by atoms with Crippen molar-refractivity contribution >= 4 is 21.7 Å². The third-order valence-electron chi connectivity index (χ3n) is 5.93. The minimum Gasteiger partial charge on any atom is -0.481 e. The molecular weight excluding hydrogens is 394 g/mol. The molecule has 0 aliphatic carbocycles. The Labute approximate surface area is 178 Å². The van der Waals surface area contributed by atoms with Gasteiger partial charge in [-0.15, -0.1) is 0 Å². The van der Waals surface area contributed by atoms with Crippen molar-refractivity contribution in [3.05, 3.63) is 76.5 Å². The molecule has 4 aromatic rings. The summed E-state index contributed by atoms with van der Waals surface area (Å²) in [4.78, 5) is 22.3. The smallest absolute Gasteiger partial charge is 0.261 e. The number of aliphatic hydroxyl groups excluding tert-OH is 1. The number of methoxy groups -OCH3 is 1. The van der Waals surface area contributed by atoms with Crippen LogP contribution in [0.25, 0.3) is 21.7 Å². The highest BCUT2D eigenvalue weighted by atomic mass is 16.5. The highest BCUT2D eigenvalue weighted by molar-refractivity contribution is 6.06. The molecular formula is C24H23N3O4. The van der Waals surface area contributed by atoms with Crippen LogP contribution in [0, 0.1) is 0 Å². The molecule has 31 heavy (non-hydrogen) atoms. The summed E-state index contributed by atoms with van der Waals surface area (Å²) < 4.78 is 12.2. The van der Waals surface area contributed by atoms with Gasteiger partial charge >= 0.3 is 0 Å². The van der Waals surface area contributed by atoms with Crippen molar-refractivity contribution in [1.29, 1.82) is 0 Å². The zero-order valence-electron chi connectivity index (χ0n) is 17.2. The number of ether oxygens (including phenoxy) is 2. The monoisotopic (exact) mass is 417 g/mol. The zero-order valence-corrected chi connectivity index (χ0v) is 17.2. The Hall–Kier alpha value is -3.29. The van der Waals surface area contributed by atoms with E-state index in [1.807, 2.05) is 42.5 Å². The first-order chi connectivity index (χ1) is 15.2. The van der Waals surface area contributed by atoms with Crippen molar-refractivity contribution in [2.24, 2.45) is 0 Å². The average molecular weight is 417 g/mol. The third kappa shape index (κ3) is 3.56. The van der Waals surface area contributed by atoms with Crippen molar-refractivity contribution in [3.8, 4) is 5.88 Å². The maximum absolute atomic E-state index is 13.4. The molecule has 0 spiro atoms. The number of pyridine rings is 1. The lowest BCUT2D eigenvalue weighted by Gasteiger charge is -2.29. The molecule has 158 valence electrons. The molecule has 1 N–H and O–H groups in total. The minimum absolute atomic E-state index is 0.167. The van der Waals surface area contributed by atoms with Gasteiger partial charge in [0.25, 0.3) is 5.56 Å².